The molecule has 0 aromatic carbocycles. The molecular weight excluding hydrogens is 210 g/mol. The minimum Gasteiger partial charge on any atom is -0.327 e. The van der Waals surface area contributed by atoms with Crippen LogP contribution in [0.15, 0.2) is 0 Å². The summed E-state index contributed by atoms with van der Waals surface area (Å²) in [5.74, 6) is 0. The van der Waals surface area contributed by atoms with E-state index in [0.717, 1.165) is 19.0 Å². The molecule has 1 aliphatic rings. The van der Waals surface area contributed by atoms with Crippen LogP contribution < -0.4 is 5.73 Å². The van der Waals surface area contributed by atoms with Crippen LogP contribution in [0, 0.1) is 5.41 Å². The highest BCUT2D eigenvalue weighted by atomic mass is 15.3. The molecule has 1 aliphatic heterocycles. The summed E-state index contributed by atoms with van der Waals surface area (Å²) in [5, 5.41) is 0. The molecule has 1 saturated heterocycles. The normalized spacial score (nSPS) is 26.1. The highest BCUT2D eigenvalue weighted by Crippen LogP contribution is 2.20. The number of hydrogen-bond acceptors (Lipinski definition) is 3. The number of nitrogens with zero attached hydrogens (tertiary/aromatic N) is 2. The molecule has 17 heavy (non-hydrogen) atoms. The molecule has 2 atom stereocenters. The van der Waals surface area contributed by atoms with Gasteiger partial charge >= 0.3 is 0 Å². The first-order chi connectivity index (χ1) is 7.84. The molecule has 1 heterocycles. The van der Waals surface area contributed by atoms with Gasteiger partial charge in [-0.05, 0) is 31.8 Å². The summed E-state index contributed by atoms with van der Waals surface area (Å²) in [4.78, 5) is 5.07. The van der Waals surface area contributed by atoms with Crippen LogP contribution in [0.1, 0.15) is 40.5 Å². The van der Waals surface area contributed by atoms with Gasteiger partial charge in [0.2, 0.25) is 0 Å². The van der Waals surface area contributed by atoms with E-state index in [2.05, 4.69) is 44.5 Å². The summed E-state index contributed by atoms with van der Waals surface area (Å²) < 4.78 is 0. The van der Waals surface area contributed by atoms with E-state index in [1.807, 2.05) is 0 Å². The minimum absolute atomic E-state index is 0.233. The molecule has 0 aromatic heterocycles. The summed E-state index contributed by atoms with van der Waals surface area (Å²) in [7, 11) is 2.24. The fourth-order valence-electron chi connectivity index (χ4n) is 2.41. The second kappa shape index (κ2) is 6.17. The standard InChI is InChI=1S/C14H31N3/c1-6-12-11-17(10-9-16(12)5)8-7-13(15)14(2,3)4/h12-13H,6-11,15H2,1-5H3. The molecule has 3 nitrogen and oxygen atoms in total. The van der Waals surface area contributed by atoms with Gasteiger partial charge in [0.15, 0.2) is 0 Å². The predicted octanol–water partition coefficient (Wildman–Crippen LogP) is 1.78. The Kier molecular flexibility index (Phi) is 5.42. The first-order valence-electron chi connectivity index (χ1n) is 7.02. The van der Waals surface area contributed by atoms with Crippen molar-refractivity contribution in [1.29, 1.82) is 0 Å². The van der Waals surface area contributed by atoms with Crippen molar-refractivity contribution in [3.63, 3.8) is 0 Å². The van der Waals surface area contributed by atoms with Gasteiger partial charge in [0.25, 0.3) is 0 Å². The van der Waals surface area contributed by atoms with E-state index >= 15 is 0 Å². The van der Waals surface area contributed by atoms with Crippen LogP contribution in [-0.2, 0) is 0 Å². The zero-order chi connectivity index (χ0) is 13.1. The highest BCUT2D eigenvalue weighted by Gasteiger charge is 2.25. The van der Waals surface area contributed by atoms with Gasteiger partial charge in [-0.25, -0.2) is 0 Å². The average Bonchev–Trinajstić information content (AvgIpc) is 2.26. The largest absolute Gasteiger partial charge is 0.327 e. The average molecular weight is 241 g/mol. The predicted molar refractivity (Wildman–Crippen MR) is 75.2 cm³/mol. The van der Waals surface area contributed by atoms with Crippen molar-refractivity contribution in [3.05, 3.63) is 0 Å². The van der Waals surface area contributed by atoms with E-state index in [9.17, 15) is 0 Å². The molecule has 3 heteroatoms. The van der Waals surface area contributed by atoms with Crippen molar-refractivity contribution in [1.82, 2.24) is 9.80 Å². The Morgan fingerprint density at radius 3 is 2.47 bits per heavy atom. The van der Waals surface area contributed by atoms with Crippen molar-refractivity contribution in [2.24, 2.45) is 11.1 Å². The minimum atomic E-state index is 0.233. The van der Waals surface area contributed by atoms with Crippen LogP contribution in [0.4, 0.5) is 0 Å². The van der Waals surface area contributed by atoms with Crippen LogP contribution in [-0.4, -0.2) is 55.1 Å². The maximum atomic E-state index is 6.23. The van der Waals surface area contributed by atoms with Gasteiger partial charge in [-0.1, -0.05) is 27.7 Å². The van der Waals surface area contributed by atoms with Crippen molar-refractivity contribution in [3.8, 4) is 0 Å². The van der Waals surface area contributed by atoms with Gasteiger partial charge in [-0.3, -0.25) is 0 Å². The Balaban J connectivity index is 2.33. The van der Waals surface area contributed by atoms with Crippen LogP contribution in [0.5, 0.6) is 0 Å². The lowest BCUT2D eigenvalue weighted by molar-refractivity contribution is 0.0878. The Morgan fingerprint density at radius 1 is 1.29 bits per heavy atom. The van der Waals surface area contributed by atoms with Gasteiger partial charge < -0.3 is 15.5 Å². The zero-order valence-corrected chi connectivity index (χ0v) is 12.4. The third-order valence-electron chi connectivity index (χ3n) is 4.20. The molecule has 0 amide bonds. The molecule has 0 aliphatic carbocycles. The summed E-state index contributed by atoms with van der Waals surface area (Å²) in [6, 6.07) is 1.04. The Labute approximate surface area is 107 Å². The second-order valence-electron chi connectivity index (χ2n) is 6.60. The molecule has 1 rings (SSSR count). The summed E-state index contributed by atoms with van der Waals surface area (Å²) >= 11 is 0. The fourth-order valence-corrected chi connectivity index (χ4v) is 2.41. The van der Waals surface area contributed by atoms with Crippen LogP contribution in [0.2, 0.25) is 0 Å². The first kappa shape index (κ1) is 14.9. The van der Waals surface area contributed by atoms with E-state index < -0.39 is 0 Å². The molecule has 0 radical (unpaired) electrons. The van der Waals surface area contributed by atoms with E-state index in [1.165, 1.54) is 26.1 Å². The molecular formula is C14H31N3. The van der Waals surface area contributed by atoms with Crippen molar-refractivity contribution >= 4 is 0 Å². The molecule has 1 fully saturated rings. The summed E-state index contributed by atoms with van der Waals surface area (Å²) in [5.41, 5.74) is 6.46. The summed E-state index contributed by atoms with van der Waals surface area (Å²) in [6.07, 6.45) is 2.36. The third-order valence-corrected chi connectivity index (χ3v) is 4.20. The maximum Gasteiger partial charge on any atom is 0.0218 e. The number of likely N-dealkylation sites (N-methyl/N-ethyl adjacent to an activating group) is 1. The monoisotopic (exact) mass is 241 g/mol. The Hall–Kier alpha value is -0.120. The number of rotatable bonds is 4. The second-order valence-corrected chi connectivity index (χ2v) is 6.60. The number of piperazine rings is 1. The quantitative estimate of drug-likeness (QED) is 0.814. The van der Waals surface area contributed by atoms with Crippen molar-refractivity contribution in [2.75, 3.05) is 33.2 Å². The van der Waals surface area contributed by atoms with Crippen LogP contribution >= 0.6 is 0 Å². The lowest BCUT2D eigenvalue weighted by atomic mass is 9.85. The molecule has 0 aromatic rings. The molecule has 2 unspecified atom stereocenters. The third kappa shape index (κ3) is 4.57. The van der Waals surface area contributed by atoms with Crippen LogP contribution in [0.25, 0.3) is 0 Å². The Morgan fingerprint density at radius 2 is 1.94 bits per heavy atom. The lowest BCUT2D eigenvalue weighted by Crippen LogP contribution is -2.52. The van der Waals surface area contributed by atoms with Crippen molar-refractivity contribution < 1.29 is 0 Å². The lowest BCUT2D eigenvalue weighted by Gasteiger charge is -2.40. The Bertz CT molecular complexity index is 222. The number of hydrogen-bond donors (Lipinski definition) is 1. The van der Waals surface area contributed by atoms with E-state index in [-0.39, 0.29) is 5.41 Å². The van der Waals surface area contributed by atoms with E-state index in [4.69, 9.17) is 5.73 Å². The fraction of sp³-hybridized carbons (Fsp3) is 1.00. The van der Waals surface area contributed by atoms with Gasteiger partial charge in [-0.15, -0.1) is 0 Å². The van der Waals surface area contributed by atoms with Crippen molar-refractivity contribution in [2.45, 2.75) is 52.6 Å². The first-order valence-corrected chi connectivity index (χ1v) is 7.02. The topological polar surface area (TPSA) is 32.5 Å². The zero-order valence-electron chi connectivity index (χ0n) is 12.4. The van der Waals surface area contributed by atoms with E-state index in [0.29, 0.717) is 6.04 Å². The SMILES string of the molecule is CCC1CN(CCC(N)C(C)(C)C)CCN1C. The van der Waals surface area contributed by atoms with Gasteiger partial charge in [0, 0.05) is 31.7 Å². The van der Waals surface area contributed by atoms with E-state index in [1.54, 1.807) is 0 Å². The molecule has 0 bridgehead atoms. The molecule has 2 N–H and O–H groups in total. The summed E-state index contributed by atoms with van der Waals surface area (Å²) in [6.45, 7) is 13.7. The smallest absolute Gasteiger partial charge is 0.0218 e. The number of nitrogens with two attached hydrogens (primary N) is 1. The van der Waals surface area contributed by atoms with Crippen LogP contribution in [0.3, 0.4) is 0 Å². The van der Waals surface area contributed by atoms with Gasteiger partial charge in [-0.2, -0.15) is 0 Å². The molecule has 102 valence electrons. The maximum absolute atomic E-state index is 6.23. The molecule has 0 spiro atoms. The highest BCUT2D eigenvalue weighted by molar-refractivity contribution is 4.82. The van der Waals surface area contributed by atoms with Gasteiger partial charge in [0.1, 0.15) is 0 Å². The molecule has 0 saturated carbocycles. The van der Waals surface area contributed by atoms with Gasteiger partial charge in [0.05, 0.1) is 0 Å².